The molecule has 1 aromatic carbocycles. The van der Waals surface area contributed by atoms with Crippen molar-refractivity contribution in [2.24, 2.45) is 11.8 Å². The van der Waals surface area contributed by atoms with Gasteiger partial charge in [-0.25, -0.2) is 0 Å². The highest BCUT2D eigenvalue weighted by Gasteiger charge is 2.38. The molecule has 0 aliphatic heterocycles. The quantitative estimate of drug-likeness (QED) is 0.785. The molecule has 0 radical (unpaired) electrons. The molecule has 1 aliphatic rings. The Morgan fingerprint density at radius 2 is 1.88 bits per heavy atom. The van der Waals surface area contributed by atoms with Crippen molar-refractivity contribution in [3.8, 4) is 0 Å². The zero-order valence-corrected chi connectivity index (χ0v) is 11.3. The second kappa shape index (κ2) is 5.68. The molecule has 1 nitrogen and oxygen atoms in total. The molecular formula is C16H25N. The lowest BCUT2D eigenvalue weighted by molar-refractivity contribution is 0.431. The van der Waals surface area contributed by atoms with Crippen LogP contribution in [0.1, 0.15) is 45.1 Å². The van der Waals surface area contributed by atoms with E-state index < -0.39 is 0 Å². The minimum atomic E-state index is 0.613. The minimum Gasteiger partial charge on any atom is -0.314 e. The molecule has 1 heteroatoms. The first-order valence-corrected chi connectivity index (χ1v) is 6.95. The van der Waals surface area contributed by atoms with Gasteiger partial charge in [0.05, 0.1) is 0 Å². The largest absolute Gasteiger partial charge is 0.314 e. The van der Waals surface area contributed by atoms with Crippen molar-refractivity contribution in [3.05, 3.63) is 35.9 Å². The first kappa shape index (κ1) is 12.6. The van der Waals surface area contributed by atoms with E-state index in [-0.39, 0.29) is 0 Å². The van der Waals surface area contributed by atoms with Gasteiger partial charge in [-0.05, 0) is 42.7 Å². The van der Waals surface area contributed by atoms with E-state index in [4.69, 9.17) is 0 Å². The van der Waals surface area contributed by atoms with E-state index in [0.717, 1.165) is 24.3 Å². The summed E-state index contributed by atoms with van der Waals surface area (Å²) in [4.78, 5) is 0. The maximum atomic E-state index is 3.53. The van der Waals surface area contributed by atoms with Gasteiger partial charge in [-0.3, -0.25) is 0 Å². The Morgan fingerprint density at radius 3 is 2.53 bits per heavy atom. The summed E-state index contributed by atoms with van der Waals surface area (Å²) in [6.07, 6.45) is 2.77. The molecule has 0 bridgehead atoms. The number of rotatable bonds is 6. The van der Waals surface area contributed by atoms with E-state index in [0.29, 0.717) is 6.04 Å². The molecule has 1 saturated carbocycles. The van der Waals surface area contributed by atoms with Gasteiger partial charge < -0.3 is 5.32 Å². The molecule has 1 N–H and O–H groups in total. The van der Waals surface area contributed by atoms with E-state index in [1.54, 1.807) is 5.56 Å². The predicted octanol–water partition coefficient (Wildman–Crippen LogP) is 3.81. The molecule has 1 fully saturated rings. The number of benzene rings is 1. The highest BCUT2D eigenvalue weighted by Crippen LogP contribution is 2.50. The summed E-state index contributed by atoms with van der Waals surface area (Å²) in [6, 6.07) is 11.6. The van der Waals surface area contributed by atoms with Crippen molar-refractivity contribution in [1.82, 2.24) is 5.32 Å². The lowest BCUT2D eigenvalue weighted by Crippen LogP contribution is -2.28. The molecule has 3 atom stereocenters. The zero-order valence-electron chi connectivity index (χ0n) is 11.3. The van der Waals surface area contributed by atoms with Gasteiger partial charge >= 0.3 is 0 Å². The van der Waals surface area contributed by atoms with Crippen molar-refractivity contribution in [2.75, 3.05) is 6.54 Å². The van der Waals surface area contributed by atoms with Crippen LogP contribution in [0.4, 0.5) is 0 Å². The molecule has 2 rings (SSSR count). The maximum absolute atomic E-state index is 3.53. The van der Waals surface area contributed by atoms with Gasteiger partial charge in [0, 0.05) is 6.04 Å². The second-order valence-corrected chi connectivity index (χ2v) is 5.92. The van der Waals surface area contributed by atoms with Crippen LogP contribution in [-0.4, -0.2) is 12.6 Å². The van der Waals surface area contributed by atoms with Crippen LogP contribution >= 0.6 is 0 Å². The van der Waals surface area contributed by atoms with Crippen molar-refractivity contribution < 1.29 is 0 Å². The van der Waals surface area contributed by atoms with Gasteiger partial charge in [-0.2, -0.15) is 0 Å². The Labute approximate surface area is 106 Å². The van der Waals surface area contributed by atoms with Crippen molar-refractivity contribution in [2.45, 2.75) is 45.6 Å². The molecular weight excluding hydrogens is 206 g/mol. The standard InChI is InChI=1S/C16H25N/c1-12(2)17-11-13(3)9-15-10-16(15)14-7-5-4-6-8-14/h4-8,12-13,15-17H,9-11H2,1-3H3. The van der Waals surface area contributed by atoms with Gasteiger partial charge in [0.25, 0.3) is 0 Å². The summed E-state index contributed by atoms with van der Waals surface area (Å²) in [6.45, 7) is 7.97. The normalized spacial score (nSPS) is 24.9. The van der Waals surface area contributed by atoms with E-state index in [1.807, 2.05) is 0 Å². The topological polar surface area (TPSA) is 12.0 Å². The van der Waals surface area contributed by atoms with Crippen LogP contribution in [-0.2, 0) is 0 Å². The fourth-order valence-electron chi connectivity index (χ4n) is 2.65. The van der Waals surface area contributed by atoms with Gasteiger partial charge in [-0.1, -0.05) is 51.1 Å². The first-order chi connectivity index (χ1) is 8.16. The average Bonchev–Trinajstić information content (AvgIpc) is 3.07. The summed E-state index contributed by atoms with van der Waals surface area (Å²) >= 11 is 0. The third-order valence-corrected chi connectivity index (χ3v) is 3.73. The van der Waals surface area contributed by atoms with Gasteiger partial charge in [-0.15, -0.1) is 0 Å². The van der Waals surface area contributed by atoms with E-state index in [1.165, 1.54) is 12.8 Å². The summed E-state index contributed by atoms with van der Waals surface area (Å²) < 4.78 is 0. The number of nitrogens with one attached hydrogen (secondary N) is 1. The lowest BCUT2D eigenvalue weighted by Gasteiger charge is -2.14. The maximum Gasteiger partial charge on any atom is 0.00104 e. The first-order valence-electron chi connectivity index (χ1n) is 6.95. The fourth-order valence-corrected chi connectivity index (χ4v) is 2.65. The molecule has 0 spiro atoms. The van der Waals surface area contributed by atoms with E-state index in [2.05, 4.69) is 56.4 Å². The summed E-state index contributed by atoms with van der Waals surface area (Å²) in [5, 5.41) is 3.53. The molecule has 0 aromatic heterocycles. The zero-order chi connectivity index (χ0) is 12.3. The Morgan fingerprint density at radius 1 is 1.18 bits per heavy atom. The molecule has 1 aromatic rings. The summed E-state index contributed by atoms with van der Waals surface area (Å²) in [5.41, 5.74) is 1.54. The summed E-state index contributed by atoms with van der Waals surface area (Å²) in [5.74, 6) is 2.58. The van der Waals surface area contributed by atoms with Crippen LogP contribution in [0.25, 0.3) is 0 Å². The molecule has 94 valence electrons. The van der Waals surface area contributed by atoms with Crippen LogP contribution in [0.2, 0.25) is 0 Å². The second-order valence-electron chi connectivity index (χ2n) is 5.92. The van der Waals surface area contributed by atoms with Crippen LogP contribution in [0.5, 0.6) is 0 Å². The van der Waals surface area contributed by atoms with Crippen LogP contribution in [0, 0.1) is 11.8 Å². The molecule has 0 saturated heterocycles. The molecule has 0 amide bonds. The van der Waals surface area contributed by atoms with Crippen molar-refractivity contribution in [1.29, 1.82) is 0 Å². The smallest absolute Gasteiger partial charge is 0.00104 e. The number of hydrogen-bond acceptors (Lipinski definition) is 1. The van der Waals surface area contributed by atoms with Crippen LogP contribution in [0.3, 0.4) is 0 Å². The Kier molecular flexibility index (Phi) is 4.22. The molecule has 0 heterocycles. The summed E-state index contributed by atoms with van der Waals surface area (Å²) in [7, 11) is 0. The third-order valence-electron chi connectivity index (χ3n) is 3.73. The minimum absolute atomic E-state index is 0.613. The Balaban J connectivity index is 1.73. The molecule has 17 heavy (non-hydrogen) atoms. The van der Waals surface area contributed by atoms with Crippen molar-refractivity contribution >= 4 is 0 Å². The average molecular weight is 231 g/mol. The van der Waals surface area contributed by atoms with Gasteiger partial charge in [0.1, 0.15) is 0 Å². The fraction of sp³-hybridized carbons (Fsp3) is 0.625. The van der Waals surface area contributed by atoms with Gasteiger partial charge in [0.15, 0.2) is 0 Å². The predicted molar refractivity (Wildman–Crippen MR) is 74.2 cm³/mol. The molecule has 3 unspecified atom stereocenters. The third kappa shape index (κ3) is 3.85. The van der Waals surface area contributed by atoms with Crippen LogP contribution < -0.4 is 5.32 Å². The highest BCUT2D eigenvalue weighted by atomic mass is 14.9. The lowest BCUT2D eigenvalue weighted by atomic mass is 10.0. The highest BCUT2D eigenvalue weighted by molar-refractivity contribution is 5.25. The monoisotopic (exact) mass is 231 g/mol. The number of hydrogen-bond donors (Lipinski definition) is 1. The molecule has 1 aliphatic carbocycles. The van der Waals surface area contributed by atoms with E-state index in [9.17, 15) is 0 Å². The Hall–Kier alpha value is -0.820. The van der Waals surface area contributed by atoms with Gasteiger partial charge in [0.2, 0.25) is 0 Å². The van der Waals surface area contributed by atoms with Crippen molar-refractivity contribution in [3.63, 3.8) is 0 Å². The SMILES string of the molecule is CC(CNC(C)C)CC1CC1c1ccccc1. The van der Waals surface area contributed by atoms with E-state index >= 15 is 0 Å². The van der Waals surface area contributed by atoms with Crippen LogP contribution in [0.15, 0.2) is 30.3 Å². The Bertz CT molecular complexity index is 331.